The van der Waals surface area contributed by atoms with Crippen molar-refractivity contribution in [1.82, 2.24) is 0 Å². The smallest absolute Gasteiger partial charge is 0.109 e. The summed E-state index contributed by atoms with van der Waals surface area (Å²) in [7, 11) is 9.77. The zero-order valence-corrected chi connectivity index (χ0v) is 17.3. The van der Waals surface area contributed by atoms with Crippen LogP contribution >= 0.6 is 62.4 Å². The van der Waals surface area contributed by atoms with Gasteiger partial charge < -0.3 is 9.80 Å². The lowest BCUT2D eigenvalue weighted by Crippen LogP contribution is -2.29. The fourth-order valence-electron chi connectivity index (χ4n) is 3.24. The molecule has 4 heterocycles. The van der Waals surface area contributed by atoms with Crippen molar-refractivity contribution in [3.05, 3.63) is 0 Å². The summed E-state index contributed by atoms with van der Waals surface area (Å²) in [5, 5.41) is 3.12. The minimum absolute atomic E-state index is 1.25. The minimum Gasteiger partial charge on any atom is -0.362 e. The van der Waals surface area contributed by atoms with Crippen LogP contribution in [0.15, 0.2) is 9.79 Å². The molecule has 0 amide bonds. The number of hydrogen-bond acceptors (Lipinski definition) is 8. The molecule has 1 aromatic rings. The van der Waals surface area contributed by atoms with Crippen molar-refractivity contribution in [3.8, 4) is 0 Å². The van der Waals surface area contributed by atoms with Crippen LogP contribution in [0.4, 0.5) is 10.0 Å². The molecule has 0 radical (unpaired) electrons. The number of fused-ring (bicyclic) bond motifs is 1. The number of nitrogens with zero attached hydrogens (tertiary/aromatic N) is 2. The topological polar surface area (TPSA) is 6.48 Å². The largest absolute Gasteiger partial charge is 0.362 e. The number of thiophene rings is 1. The number of hydrogen-bond donors (Lipinski definition) is 0. The van der Waals surface area contributed by atoms with Crippen LogP contribution in [0, 0.1) is 0 Å². The summed E-state index contributed by atoms with van der Waals surface area (Å²) in [6, 6.07) is 0. The first-order valence-electron chi connectivity index (χ1n) is 7.95. The standard InChI is InChI=1S/C14H20N2S6/c1-3-7-15(8-4-1)13-11-12(19-21-22-20-18-11)14(17-13)16-9-5-2-6-10-16/h1-10H2. The lowest BCUT2D eigenvalue weighted by atomic mass is 10.1. The van der Waals surface area contributed by atoms with Crippen LogP contribution in [0.5, 0.6) is 0 Å². The lowest BCUT2D eigenvalue weighted by Gasteiger charge is -2.29. The maximum Gasteiger partial charge on any atom is 0.109 e. The molecule has 0 spiro atoms. The molecule has 0 bridgehead atoms. The average molecular weight is 409 g/mol. The summed E-state index contributed by atoms with van der Waals surface area (Å²) in [6.07, 6.45) is 8.26. The van der Waals surface area contributed by atoms with Crippen LogP contribution in [0.1, 0.15) is 38.5 Å². The van der Waals surface area contributed by atoms with E-state index in [1.165, 1.54) is 64.7 Å². The number of piperidine rings is 2. The van der Waals surface area contributed by atoms with Crippen LogP contribution in [-0.2, 0) is 0 Å². The third-order valence-electron chi connectivity index (χ3n) is 4.36. The molecule has 1 aromatic heterocycles. The first kappa shape index (κ1) is 16.5. The van der Waals surface area contributed by atoms with Crippen molar-refractivity contribution in [1.29, 1.82) is 0 Å². The number of rotatable bonds is 2. The van der Waals surface area contributed by atoms with Gasteiger partial charge in [0.25, 0.3) is 0 Å². The van der Waals surface area contributed by atoms with Crippen molar-refractivity contribution in [2.24, 2.45) is 0 Å². The van der Waals surface area contributed by atoms with Crippen LogP contribution < -0.4 is 9.80 Å². The second-order valence-corrected chi connectivity index (χ2v) is 14.3. The van der Waals surface area contributed by atoms with E-state index in [-0.39, 0.29) is 0 Å². The van der Waals surface area contributed by atoms with Crippen molar-refractivity contribution >= 4 is 72.4 Å². The minimum atomic E-state index is 1.25. The van der Waals surface area contributed by atoms with E-state index in [2.05, 4.69) is 21.1 Å². The lowest BCUT2D eigenvalue weighted by molar-refractivity contribution is 0.577. The van der Waals surface area contributed by atoms with Gasteiger partial charge in [-0.1, -0.05) is 11.3 Å². The van der Waals surface area contributed by atoms with Crippen LogP contribution in [0.2, 0.25) is 0 Å². The van der Waals surface area contributed by atoms with E-state index < -0.39 is 0 Å². The second-order valence-electron chi connectivity index (χ2n) is 5.84. The molecule has 8 heteroatoms. The summed E-state index contributed by atoms with van der Waals surface area (Å²) in [5.41, 5.74) is 0. The van der Waals surface area contributed by atoms with E-state index in [0.29, 0.717) is 0 Å². The Labute approximate surface area is 155 Å². The van der Waals surface area contributed by atoms with Gasteiger partial charge in [-0.05, 0) is 89.6 Å². The molecule has 0 atom stereocenters. The molecule has 3 aliphatic heterocycles. The highest BCUT2D eigenvalue weighted by Crippen LogP contribution is 2.65. The van der Waals surface area contributed by atoms with Gasteiger partial charge in [0.05, 0.1) is 9.79 Å². The van der Waals surface area contributed by atoms with Crippen molar-refractivity contribution in [3.63, 3.8) is 0 Å². The van der Waals surface area contributed by atoms with Gasteiger partial charge in [0, 0.05) is 26.2 Å². The first-order valence-corrected chi connectivity index (χ1v) is 14.9. The Morgan fingerprint density at radius 3 is 1.45 bits per heavy atom. The summed E-state index contributed by atoms with van der Waals surface area (Å²) in [6.45, 7) is 5.01. The van der Waals surface area contributed by atoms with Gasteiger partial charge in [0.1, 0.15) is 10.0 Å². The molecule has 0 N–H and O–H groups in total. The van der Waals surface area contributed by atoms with E-state index in [9.17, 15) is 0 Å². The molecular formula is C14H20N2S6. The molecule has 4 rings (SSSR count). The monoisotopic (exact) mass is 408 g/mol. The SMILES string of the molecule is C1CCN(c2sc(N3CCCCC3)c3c2SSSSS3)CC1. The molecule has 0 unspecified atom stereocenters. The Morgan fingerprint density at radius 1 is 0.545 bits per heavy atom. The molecule has 0 aliphatic carbocycles. The molecule has 3 aliphatic rings. The summed E-state index contributed by atoms with van der Waals surface area (Å²) in [5.74, 6) is 0. The predicted octanol–water partition coefficient (Wildman–Crippen LogP) is 6.79. The zero-order valence-electron chi connectivity index (χ0n) is 12.4. The third kappa shape index (κ3) is 3.52. The molecule has 22 heavy (non-hydrogen) atoms. The van der Waals surface area contributed by atoms with Crippen LogP contribution in [0.3, 0.4) is 0 Å². The van der Waals surface area contributed by atoms with Gasteiger partial charge in [0.2, 0.25) is 0 Å². The molecular weight excluding hydrogens is 389 g/mol. The van der Waals surface area contributed by atoms with Gasteiger partial charge in [0.15, 0.2) is 0 Å². The van der Waals surface area contributed by atoms with E-state index in [1.54, 1.807) is 19.8 Å². The molecule has 0 saturated carbocycles. The summed E-state index contributed by atoms with van der Waals surface area (Å²) < 4.78 is 0. The molecule has 2 nitrogen and oxygen atoms in total. The second kappa shape index (κ2) is 7.95. The normalized spacial score (nSPS) is 23.3. The van der Waals surface area contributed by atoms with Crippen molar-refractivity contribution in [2.75, 3.05) is 36.0 Å². The zero-order chi connectivity index (χ0) is 14.8. The Kier molecular flexibility index (Phi) is 5.97. The van der Waals surface area contributed by atoms with Crippen LogP contribution in [0.25, 0.3) is 0 Å². The van der Waals surface area contributed by atoms with Crippen molar-refractivity contribution in [2.45, 2.75) is 48.3 Å². The molecule has 0 aromatic carbocycles. The quantitative estimate of drug-likeness (QED) is 0.491. The van der Waals surface area contributed by atoms with Crippen molar-refractivity contribution < 1.29 is 0 Å². The highest BCUT2D eigenvalue weighted by atomic mass is 33.8. The summed E-state index contributed by atoms with van der Waals surface area (Å²) in [4.78, 5) is 8.43. The average Bonchev–Trinajstić information content (AvgIpc) is 2.78. The van der Waals surface area contributed by atoms with Crippen LogP contribution in [-0.4, -0.2) is 26.2 Å². The number of anilines is 2. The Balaban J connectivity index is 1.69. The predicted molar refractivity (Wildman–Crippen MR) is 111 cm³/mol. The molecule has 122 valence electrons. The third-order valence-corrected chi connectivity index (χ3v) is 14.4. The Bertz CT molecular complexity index is 465. The van der Waals surface area contributed by atoms with Gasteiger partial charge in [-0.15, -0.1) is 0 Å². The van der Waals surface area contributed by atoms with E-state index >= 15 is 0 Å². The molecule has 2 fully saturated rings. The highest BCUT2D eigenvalue weighted by Gasteiger charge is 2.29. The summed E-state index contributed by atoms with van der Waals surface area (Å²) >= 11 is 2.07. The van der Waals surface area contributed by atoms with Gasteiger partial charge in [-0.2, -0.15) is 0 Å². The fourth-order valence-corrected chi connectivity index (χ4v) is 14.4. The Morgan fingerprint density at radius 2 is 1.00 bits per heavy atom. The van der Waals surface area contributed by atoms with Gasteiger partial charge in [-0.25, -0.2) is 0 Å². The first-order chi connectivity index (χ1) is 10.9. The van der Waals surface area contributed by atoms with Gasteiger partial charge in [-0.3, -0.25) is 0 Å². The fraction of sp³-hybridized carbons (Fsp3) is 0.714. The van der Waals surface area contributed by atoms with Gasteiger partial charge >= 0.3 is 0 Å². The van der Waals surface area contributed by atoms with E-state index in [4.69, 9.17) is 0 Å². The highest BCUT2D eigenvalue weighted by molar-refractivity contribution is 9.36. The van der Waals surface area contributed by atoms with E-state index in [1.807, 2.05) is 51.1 Å². The molecule has 2 saturated heterocycles. The Hall–Kier alpha value is 1.05. The maximum absolute atomic E-state index is 2.66. The maximum atomic E-state index is 2.66. The van der Waals surface area contributed by atoms with E-state index in [0.717, 1.165) is 0 Å².